The van der Waals surface area contributed by atoms with Crippen molar-refractivity contribution in [2.75, 3.05) is 0 Å². The number of nitrogens with one attached hydrogen (secondary N) is 1. The van der Waals surface area contributed by atoms with Crippen LogP contribution in [0.4, 0.5) is 0 Å². The van der Waals surface area contributed by atoms with E-state index in [2.05, 4.69) is 14.9 Å². The van der Waals surface area contributed by atoms with Crippen molar-refractivity contribution in [2.45, 2.75) is 22.3 Å². The number of benzene rings is 2. The molecule has 0 saturated carbocycles. The van der Waals surface area contributed by atoms with Crippen LogP contribution in [-0.2, 0) is 29.4 Å². The van der Waals surface area contributed by atoms with Gasteiger partial charge < -0.3 is 4.57 Å². The minimum Gasteiger partial charge on any atom is -0.308 e. The Hall–Kier alpha value is -1.58. The van der Waals surface area contributed by atoms with Crippen molar-refractivity contribution in [3.63, 3.8) is 0 Å². The molecule has 1 heterocycles. The molecular formula is C17H16Cl2N4O2S2. The van der Waals surface area contributed by atoms with E-state index in [0.29, 0.717) is 26.8 Å². The highest BCUT2D eigenvalue weighted by Crippen LogP contribution is 2.22. The van der Waals surface area contributed by atoms with Gasteiger partial charge in [0.25, 0.3) is 0 Å². The lowest BCUT2D eigenvalue weighted by Crippen LogP contribution is -2.24. The Morgan fingerprint density at radius 2 is 1.59 bits per heavy atom. The van der Waals surface area contributed by atoms with E-state index in [9.17, 15) is 8.42 Å². The molecule has 0 aliphatic heterocycles. The molecule has 142 valence electrons. The first-order valence-corrected chi connectivity index (χ1v) is 11.1. The highest BCUT2D eigenvalue weighted by Gasteiger charge is 2.16. The molecular weight excluding hydrogens is 427 g/mol. The van der Waals surface area contributed by atoms with Crippen LogP contribution in [0.1, 0.15) is 11.4 Å². The van der Waals surface area contributed by atoms with Gasteiger partial charge in [-0.3, -0.25) is 0 Å². The standard InChI is InChI=1S/C17H16Cl2N4O2S2/c1-23-16(10-20-27(24,25)15-8-6-14(19)7-9-15)21-22-17(23)26-11-12-2-4-13(18)5-3-12/h2-9,20H,10-11H2,1H3. The van der Waals surface area contributed by atoms with Crippen LogP contribution in [-0.4, -0.2) is 23.2 Å². The van der Waals surface area contributed by atoms with Gasteiger partial charge in [0.05, 0.1) is 11.4 Å². The summed E-state index contributed by atoms with van der Waals surface area (Å²) >= 11 is 13.2. The van der Waals surface area contributed by atoms with Crippen molar-refractivity contribution in [1.82, 2.24) is 19.5 Å². The molecule has 1 aromatic heterocycles. The third-order valence-corrected chi connectivity index (χ3v) is 6.76. The monoisotopic (exact) mass is 442 g/mol. The lowest BCUT2D eigenvalue weighted by molar-refractivity contribution is 0.576. The lowest BCUT2D eigenvalue weighted by atomic mass is 10.2. The summed E-state index contributed by atoms with van der Waals surface area (Å²) in [5.74, 6) is 1.23. The third-order valence-electron chi connectivity index (χ3n) is 3.75. The maximum atomic E-state index is 12.3. The SMILES string of the molecule is Cn1c(CNS(=O)(=O)c2ccc(Cl)cc2)nnc1SCc1ccc(Cl)cc1. The topological polar surface area (TPSA) is 76.9 Å². The summed E-state index contributed by atoms with van der Waals surface area (Å²) in [6, 6.07) is 13.5. The fraction of sp³-hybridized carbons (Fsp3) is 0.176. The fourth-order valence-corrected chi connectivity index (χ4v) is 4.33. The largest absolute Gasteiger partial charge is 0.308 e. The second kappa shape index (κ2) is 8.62. The maximum Gasteiger partial charge on any atom is 0.240 e. The predicted octanol–water partition coefficient (Wildman–Crippen LogP) is 3.89. The van der Waals surface area contributed by atoms with Crippen LogP contribution in [0.2, 0.25) is 10.0 Å². The molecule has 0 amide bonds. The molecule has 0 fully saturated rings. The second-order valence-corrected chi connectivity index (χ2v) is 9.23. The Morgan fingerprint density at radius 1 is 1.00 bits per heavy atom. The lowest BCUT2D eigenvalue weighted by Gasteiger charge is -2.07. The Morgan fingerprint density at radius 3 is 2.22 bits per heavy atom. The van der Waals surface area contributed by atoms with Gasteiger partial charge >= 0.3 is 0 Å². The van der Waals surface area contributed by atoms with Crippen LogP contribution < -0.4 is 4.72 Å². The van der Waals surface area contributed by atoms with Gasteiger partial charge in [-0.15, -0.1) is 10.2 Å². The van der Waals surface area contributed by atoms with Gasteiger partial charge in [-0.1, -0.05) is 47.1 Å². The summed E-state index contributed by atoms with van der Waals surface area (Å²) in [6.07, 6.45) is 0. The summed E-state index contributed by atoms with van der Waals surface area (Å²) in [5, 5.41) is 10.1. The third kappa shape index (κ3) is 5.24. The zero-order valence-electron chi connectivity index (χ0n) is 14.3. The van der Waals surface area contributed by atoms with Gasteiger partial charge in [0.15, 0.2) is 5.16 Å². The van der Waals surface area contributed by atoms with E-state index in [1.54, 1.807) is 11.6 Å². The van der Waals surface area contributed by atoms with E-state index in [1.807, 2.05) is 24.3 Å². The molecule has 27 heavy (non-hydrogen) atoms. The number of hydrogen-bond donors (Lipinski definition) is 1. The summed E-state index contributed by atoms with van der Waals surface area (Å²) in [5.41, 5.74) is 1.11. The predicted molar refractivity (Wildman–Crippen MR) is 107 cm³/mol. The van der Waals surface area contributed by atoms with Crippen LogP contribution in [0.5, 0.6) is 0 Å². The first-order chi connectivity index (χ1) is 12.8. The van der Waals surface area contributed by atoms with Crippen LogP contribution in [0.25, 0.3) is 0 Å². The van der Waals surface area contributed by atoms with E-state index >= 15 is 0 Å². The first kappa shape index (κ1) is 20.2. The summed E-state index contributed by atoms with van der Waals surface area (Å²) in [7, 11) is -1.85. The Bertz CT molecular complexity index is 1020. The summed E-state index contributed by atoms with van der Waals surface area (Å²) in [4.78, 5) is 0.145. The molecule has 0 atom stereocenters. The van der Waals surface area contributed by atoms with E-state index in [-0.39, 0.29) is 11.4 Å². The molecule has 3 rings (SSSR count). The van der Waals surface area contributed by atoms with Crippen molar-refractivity contribution >= 4 is 45.0 Å². The molecule has 0 spiro atoms. The highest BCUT2D eigenvalue weighted by atomic mass is 35.5. The van der Waals surface area contributed by atoms with Gasteiger partial charge in [0.1, 0.15) is 5.82 Å². The van der Waals surface area contributed by atoms with Crippen LogP contribution >= 0.6 is 35.0 Å². The van der Waals surface area contributed by atoms with Crippen molar-refractivity contribution in [3.05, 3.63) is 70.0 Å². The van der Waals surface area contributed by atoms with Crippen molar-refractivity contribution in [1.29, 1.82) is 0 Å². The minimum atomic E-state index is -3.65. The van der Waals surface area contributed by atoms with E-state index in [4.69, 9.17) is 23.2 Å². The normalized spacial score (nSPS) is 11.7. The molecule has 0 radical (unpaired) electrons. The number of aromatic nitrogens is 3. The number of thioether (sulfide) groups is 1. The smallest absolute Gasteiger partial charge is 0.240 e. The van der Waals surface area contributed by atoms with Gasteiger partial charge in [-0.2, -0.15) is 0 Å². The average Bonchev–Trinajstić information content (AvgIpc) is 3.00. The molecule has 0 aliphatic rings. The minimum absolute atomic E-state index is 0.0377. The number of hydrogen-bond acceptors (Lipinski definition) is 5. The van der Waals surface area contributed by atoms with Crippen LogP contribution in [0.15, 0.2) is 58.6 Å². The second-order valence-electron chi connectivity index (χ2n) is 5.65. The van der Waals surface area contributed by atoms with Gasteiger partial charge in [0, 0.05) is 22.8 Å². The molecule has 6 nitrogen and oxygen atoms in total. The first-order valence-electron chi connectivity index (χ1n) is 7.86. The van der Waals surface area contributed by atoms with Crippen molar-refractivity contribution in [2.24, 2.45) is 7.05 Å². The highest BCUT2D eigenvalue weighted by molar-refractivity contribution is 7.98. The molecule has 10 heteroatoms. The van der Waals surface area contributed by atoms with E-state index < -0.39 is 10.0 Å². The van der Waals surface area contributed by atoms with Crippen molar-refractivity contribution < 1.29 is 8.42 Å². The van der Waals surface area contributed by atoms with Crippen LogP contribution in [0.3, 0.4) is 0 Å². The zero-order valence-corrected chi connectivity index (χ0v) is 17.4. The zero-order chi connectivity index (χ0) is 19.4. The van der Waals surface area contributed by atoms with Gasteiger partial charge in [0.2, 0.25) is 10.0 Å². The van der Waals surface area contributed by atoms with E-state index in [0.717, 1.165) is 5.56 Å². The molecule has 0 unspecified atom stereocenters. The van der Waals surface area contributed by atoms with Gasteiger partial charge in [-0.05, 0) is 42.0 Å². The molecule has 0 bridgehead atoms. The van der Waals surface area contributed by atoms with Crippen LogP contribution in [0, 0.1) is 0 Å². The Labute approximate surface area is 172 Å². The maximum absolute atomic E-state index is 12.3. The fourth-order valence-electron chi connectivity index (χ4n) is 2.21. The van der Waals surface area contributed by atoms with Crippen molar-refractivity contribution in [3.8, 4) is 0 Å². The molecule has 3 aromatic rings. The molecule has 0 aliphatic carbocycles. The summed E-state index contributed by atoms with van der Waals surface area (Å²) in [6.45, 7) is 0.0377. The quantitative estimate of drug-likeness (QED) is 0.561. The Balaban J connectivity index is 1.63. The number of nitrogens with zero attached hydrogens (tertiary/aromatic N) is 3. The van der Waals surface area contributed by atoms with Gasteiger partial charge in [-0.25, -0.2) is 13.1 Å². The number of sulfonamides is 1. The number of rotatable bonds is 7. The number of halogens is 2. The average molecular weight is 443 g/mol. The molecule has 2 aromatic carbocycles. The van der Waals surface area contributed by atoms with E-state index in [1.165, 1.54) is 36.0 Å². The Kier molecular flexibility index (Phi) is 6.44. The summed E-state index contributed by atoms with van der Waals surface area (Å²) < 4.78 is 29.0. The molecule has 1 N–H and O–H groups in total. The molecule has 0 saturated heterocycles.